The molecule has 0 aromatic carbocycles. The predicted octanol–water partition coefficient (Wildman–Crippen LogP) is 3.51. The molecule has 0 unspecified atom stereocenters. The largest absolute Gasteiger partial charge is 0.236 e. The minimum Gasteiger partial charge on any atom is -0.236 e. The molecule has 15 heavy (non-hydrogen) atoms. The first-order chi connectivity index (χ1) is 6.93. The molecule has 0 saturated heterocycles. The van der Waals surface area contributed by atoms with Gasteiger partial charge in [0.05, 0.1) is 5.69 Å². The Bertz CT molecular complexity index is 447. The number of halogens is 1. The first kappa shape index (κ1) is 10.6. The van der Waals surface area contributed by atoms with E-state index in [0.717, 1.165) is 17.7 Å². The smallest absolute Gasteiger partial charge is 0.136 e. The molecule has 2 nitrogen and oxygen atoms in total. The van der Waals surface area contributed by atoms with E-state index in [9.17, 15) is 0 Å². The SMILES string of the molecule is CC1=C(C)C(C)(C)Cc2c(Cl)ncnc21. The maximum absolute atomic E-state index is 6.11. The summed E-state index contributed by atoms with van der Waals surface area (Å²) >= 11 is 6.11. The van der Waals surface area contributed by atoms with Gasteiger partial charge < -0.3 is 0 Å². The molecular weight excluding hydrogens is 208 g/mol. The van der Waals surface area contributed by atoms with Gasteiger partial charge in [-0.1, -0.05) is 31.0 Å². The van der Waals surface area contributed by atoms with E-state index >= 15 is 0 Å². The van der Waals surface area contributed by atoms with Crippen molar-refractivity contribution >= 4 is 17.2 Å². The van der Waals surface area contributed by atoms with Crippen LogP contribution in [0, 0.1) is 5.41 Å². The van der Waals surface area contributed by atoms with Gasteiger partial charge in [-0.05, 0) is 31.3 Å². The van der Waals surface area contributed by atoms with Crippen LogP contribution in [0.25, 0.3) is 5.57 Å². The lowest BCUT2D eigenvalue weighted by Gasteiger charge is -2.33. The van der Waals surface area contributed by atoms with Crippen molar-refractivity contribution in [3.8, 4) is 0 Å². The Morgan fingerprint density at radius 2 is 1.93 bits per heavy atom. The number of nitrogens with zero attached hydrogens (tertiary/aromatic N) is 2. The summed E-state index contributed by atoms with van der Waals surface area (Å²) in [5.41, 5.74) is 4.90. The summed E-state index contributed by atoms with van der Waals surface area (Å²) in [6.07, 6.45) is 2.46. The Morgan fingerprint density at radius 1 is 1.27 bits per heavy atom. The molecule has 0 N–H and O–H groups in total. The van der Waals surface area contributed by atoms with Crippen LogP contribution in [0.2, 0.25) is 5.15 Å². The number of hydrogen-bond donors (Lipinski definition) is 0. The molecule has 0 aliphatic heterocycles. The third kappa shape index (κ3) is 1.57. The lowest BCUT2D eigenvalue weighted by Crippen LogP contribution is -2.23. The Kier molecular flexibility index (Phi) is 2.34. The summed E-state index contributed by atoms with van der Waals surface area (Å²) in [5.74, 6) is 0. The zero-order valence-corrected chi connectivity index (χ0v) is 10.3. The van der Waals surface area contributed by atoms with Crippen LogP contribution in [0.5, 0.6) is 0 Å². The zero-order chi connectivity index (χ0) is 11.2. The molecule has 1 aliphatic carbocycles. The molecule has 3 heteroatoms. The Hall–Kier alpha value is -0.890. The summed E-state index contributed by atoms with van der Waals surface area (Å²) in [6, 6.07) is 0. The van der Waals surface area contributed by atoms with Gasteiger partial charge in [-0.25, -0.2) is 9.97 Å². The fraction of sp³-hybridized carbons (Fsp3) is 0.500. The number of allylic oxidation sites excluding steroid dienone is 2. The fourth-order valence-corrected chi connectivity index (χ4v) is 2.33. The molecule has 1 aromatic heterocycles. The molecule has 0 amide bonds. The second kappa shape index (κ2) is 3.31. The summed E-state index contributed by atoms with van der Waals surface area (Å²) in [5, 5.41) is 0.597. The Morgan fingerprint density at radius 3 is 2.60 bits per heavy atom. The van der Waals surface area contributed by atoms with Gasteiger partial charge >= 0.3 is 0 Å². The summed E-state index contributed by atoms with van der Waals surface area (Å²) in [7, 11) is 0. The van der Waals surface area contributed by atoms with Crippen molar-refractivity contribution < 1.29 is 0 Å². The van der Waals surface area contributed by atoms with Gasteiger partial charge in [0.25, 0.3) is 0 Å². The van der Waals surface area contributed by atoms with E-state index in [1.807, 2.05) is 0 Å². The topological polar surface area (TPSA) is 25.8 Å². The van der Waals surface area contributed by atoms with Gasteiger partial charge in [0.15, 0.2) is 0 Å². The van der Waals surface area contributed by atoms with Crippen molar-refractivity contribution in [2.45, 2.75) is 34.1 Å². The highest BCUT2D eigenvalue weighted by atomic mass is 35.5. The van der Waals surface area contributed by atoms with Crippen LogP contribution in [0.4, 0.5) is 0 Å². The molecule has 0 radical (unpaired) electrons. The van der Waals surface area contributed by atoms with Crippen LogP contribution < -0.4 is 0 Å². The molecule has 1 aliphatic rings. The van der Waals surface area contributed by atoms with Gasteiger partial charge in [0.1, 0.15) is 11.5 Å². The van der Waals surface area contributed by atoms with E-state index in [1.165, 1.54) is 17.5 Å². The third-order valence-electron chi connectivity index (χ3n) is 3.44. The summed E-state index contributed by atoms with van der Waals surface area (Å²) in [4.78, 5) is 8.37. The maximum Gasteiger partial charge on any atom is 0.136 e. The van der Waals surface area contributed by atoms with Crippen LogP contribution in [0.3, 0.4) is 0 Å². The predicted molar refractivity (Wildman–Crippen MR) is 62.8 cm³/mol. The molecule has 0 bridgehead atoms. The van der Waals surface area contributed by atoms with Crippen LogP contribution in [0.1, 0.15) is 39.0 Å². The first-order valence-electron chi connectivity index (χ1n) is 5.11. The molecule has 0 saturated carbocycles. The van der Waals surface area contributed by atoms with Crippen LogP contribution in [-0.4, -0.2) is 9.97 Å². The van der Waals surface area contributed by atoms with Gasteiger partial charge in [0.2, 0.25) is 0 Å². The second-order valence-corrected chi connectivity index (χ2v) is 5.16. The highest BCUT2D eigenvalue weighted by Gasteiger charge is 2.31. The number of aromatic nitrogens is 2. The van der Waals surface area contributed by atoms with Gasteiger partial charge in [-0.3, -0.25) is 0 Å². The van der Waals surface area contributed by atoms with Crippen LogP contribution in [-0.2, 0) is 6.42 Å². The van der Waals surface area contributed by atoms with E-state index in [4.69, 9.17) is 11.6 Å². The maximum atomic E-state index is 6.11. The van der Waals surface area contributed by atoms with Crippen molar-refractivity contribution in [3.05, 3.63) is 28.3 Å². The number of fused-ring (bicyclic) bond motifs is 1. The van der Waals surface area contributed by atoms with E-state index in [1.54, 1.807) is 0 Å². The fourth-order valence-electron chi connectivity index (χ4n) is 2.13. The van der Waals surface area contributed by atoms with Gasteiger partial charge in [-0.15, -0.1) is 0 Å². The minimum atomic E-state index is 0.158. The zero-order valence-electron chi connectivity index (χ0n) is 9.56. The standard InChI is InChI=1S/C12H15ClN2/c1-7-8(2)12(3,4)5-9-10(7)14-6-15-11(9)13/h6H,5H2,1-4H3. The van der Waals surface area contributed by atoms with Gasteiger partial charge in [-0.2, -0.15) is 0 Å². The lowest BCUT2D eigenvalue weighted by atomic mass is 9.73. The van der Waals surface area contributed by atoms with E-state index in [2.05, 4.69) is 37.7 Å². The Labute approximate surface area is 95.4 Å². The molecule has 0 spiro atoms. The average Bonchev–Trinajstić information content (AvgIpc) is 2.17. The molecule has 0 fully saturated rings. The third-order valence-corrected chi connectivity index (χ3v) is 3.77. The molecule has 2 rings (SSSR count). The molecule has 1 heterocycles. The summed E-state index contributed by atoms with van der Waals surface area (Å²) < 4.78 is 0. The minimum absolute atomic E-state index is 0.158. The average molecular weight is 223 g/mol. The molecular formula is C12H15ClN2. The van der Waals surface area contributed by atoms with E-state index < -0.39 is 0 Å². The van der Waals surface area contributed by atoms with E-state index in [-0.39, 0.29) is 5.41 Å². The first-order valence-corrected chi connectivity index (χ1v) is 5.49. The second-order valence-electron chi connectivity index (χ2n) is 4.80. The Balaban J connectivity index is 2.70. The highest BCUT2D eigenvalue weighted by molar-refractivity contribution is 6.30. The van der Waals surface area contributed by atoms with Crippen LogP contribution in [0.15, 0.2) is 11.9 Å². The van der Waals surface area contributed by atoms with Crippen LogP contribution >= 0.6 is 11.6 Å². The highest BCUT2D eigenvalue weighted by Crippen LogP contribution is 2.42. The van der Waals surface area contributed by atoms with Crippen molar-refractivity contribution in [2.24, 2.45) is 5.41 Å². The quantitative estimate of drug-likeness (QED) is 0.628. The lowest BCUT2D eigenvalue weighted by molar-refractivity contribution is 0.436. The number of hydrogen-bond acceptors (Lipinski definition) is 2. The van der Waals surface area contributed by atoms with Crippen molar-refractivity contribution in [1.29, 1.82) is 0 Å². The molecule has 1 aromatic rings. The monoisotopic (exact) mass is 222 g/mol. The van der Waals surface area contributed by atoms with Crippen molar-refractivity contribution in [3.63, 3.8) is 0 Å². The molecule has 80 valence electrons. The number of rotatable bonds is 0. The van der Waals surface area contributed by atoms with Crippen molar-refractivity contribution in [1.82, 2.24) is 9.97 Å². The molecule has 0 atom stereocenters. The van der Waals surface area contributed by atoms with Crippen molar-refractivity contribution in [2.75, 3.05) is 0 Å². The summed E-state index contributed by atoms with van der Waals surface area (Å²) in [6.45, 7) is 8.75. The van der Waals surface area contributed by atoms with E-state index in [0.29, 0.717) is 5.15 Å². The normalized spacial score (nSPS) is 19.0. The van der Waals surface area contributed by atoms with Gasteiger partial charge in [0, 0.05) is 5.56 Å².